The third-order valence-corrected chi connectivity index (χ3v) is 6.12. The summed E-state index contributed by atoms with van der Waals surface area (Å²) in [5, 5.41) is 18.8. The predicted octanol–water partition coefficient (Wildman–Crippen LogP) is 4.96. The predicted molar refractivity (Wildman–Crippen MR) is 140 cm³/mol. The summed E-state index contributed by atoms with van der Waals surface area (Å²) in [7, 11) is 3.96. The fourth-order valence-electron chi connectivity index (χ4n) is 3.33. The number of rotatable bonds is 8. The molecule has 0 atom stereocenters. The fraction of sp³-hybridized carbons (Fsp3) is 0.192. The molecule has 2 aromatic carbocycles. The van der Waals surface area contributed by atoms with Crippen LogP contribution in [0.3, 0.4) is 0 Å². The third kappa shape index (κ3) is 5.93. The van der Waals surface area contributed by atoms with E-state index >= 15 is 0 Å². The topological polar surface area (TPSA) is 90.9 Å². The fourth-order valence-corrected chi connectivity index (χ4v) is 4.26. The maximum atomic E-state index is 13.2. The van der Waals surface area contributed by atoms with Crippen LogP contribution in [0.5, 0.6) is 11.5 Å². The van der Waals surface area contributed by atoms with Gasteiger partial charge < -0.3 is 19.2 Å². The third-order valence-electron chi connectivity index (χ3n) is 5.12. The Balaban J connectivity index is 1.59. The Hall–Kier alpha value is -3.98. The van der Waals surface area contributed by atoms with E-state index in [4.69, 9.17) is 9.15 Å². The number of thioether (sulfide) groups is 1. The highest BCUT2D eigenvalue weighted by atomic mass is 32.2. The Labute approximate surface area is 208 Å². The van der Waals surface area contributed by atoms with Crippen molar-refractivity contribution in [3.63, 3.8) is 0 Å². The summed E-state index contributed by atoms with van der Waals surface area (Å²) in [6.45, 7) is 2.53. The molecule has 180 valence electrons. The summed E-state index contributed by atoms with van der Waals surface area (Å²) in [5.74, 6) is 0.914. The molecule has 0 unspecified atom stereocenters. The Bertz CT molecular complexity index is 1270. The summed E-state index contributed by atoms with van der Waals surface area (Å²) in [6.07, 6.45) is 4.97. The number of benzene rings is 2. The molecule has 8 nitrogen and oxygen atoms in total. The first-order valence-corrected chi connectivity index (χ1v) is 11.8. The van der Waals surface area contributed by atoms with E-state index in [9.17, 15) is 9.90 Å². The molecule has 1 aliphatic rings. The number of amidine groups is 1. The smallest absolute Gasteiger partial charge is 0.267 e. The lowest BCUT2D eigenvalue weighted by Crippen LogP contribution is -2.28. The van der Waals surface area contributed by atoms with Crippen molar-refractivity contribution < 1.29 is 19.1 Å². The molecule has 2 heterocycles. The van der Waals surface area contributed by atoms with E-state index < -0.39 is 0 Å². The van der Waals surface area contributed by atoms with Crippen LogP contribution in [0, 0.1) is 0 Å². The van der Waals surface area contributed by atoms with E-state index in [-0.39, 0.29) is 18.2 Å². The maximum absolute atomic E-state index is 13.2. The Morgan fingerprint density at radius 2 is 1.91 bits per heavy atom. The largest absolute Gasteiger partial charge is 0.504 e. The molecule has 1 amide bonds. The molecule has 1 fully saturated rings. The zero-order valence-corrected chi connectivity index (χ0v) is 20.5. The van der Waals surface area contributed by atoms with Crippen LogP contribution in [0.2, 0.25) is 0 Å². The minimum Gasteiger partial charge on any atom is -0.504 e. The number of hydrogen-bond acceptors (Lipinski definition) is 8. The highest BCUT2D eigenvalue weighted by Crippen LogP contribution is 2.34. The van der Waals surface area contributed by atoms with Gasteiger partial charge in [-0.1, -0.05) is 12.1 Å². The molecule has 4 rings (SSSR count). The molecule has 3 aromatic rings. The Kier molecular flexibility index (Phi) is 7.57. The lowest BCUT2D eigenvalue weighted by Gasteiger charge is -2.12. The molecular weight excluding hydrogens is 464 g/mol. The lowest BCUT2D eigenvalue weighted by atomic mass is 10.2. The first kappa shape index (κ1) is 24.2. The van der Waals surface area contributed by atoms with Gasteiger partial charge in [0.05, 0.1) is 30.5 Å². The van der Waals surface area contributed by atoms with E-state index in [1.807, 2.05) is 62.3 Å². The van der Waals surface area contributed by atoms with E-state index in [2.05, 4.69) is 10.2 Å². The summed E-state index contributed by atoms with van der Waals surface area (Å²) < 4.78 is 10.9. The van der Waals surface area contributed by atoms with Crippen molar-refractivity contribution in [1.29, 1.82) is 0 Å². The molecular formula is C26H26N4O4S. The molecule has 0 aliphatic carbocycles. The highest BCUT2D eigenvalue weighted by molar-refractivity contribution is 8.18. The molecule has 0 radical (unpaired) electrons. The SMILES string of the molecule is CCOc1cc(/C=N\N=C2\S/C(=C\c3ccc(N(C)C)cc3)C(=O)N2Cc2ccco2)ccc1O. The van der Waals surface area contributed by atoms with Crippen LogP contribution < -0.4 is 9.64 Å². The molecule has 0 bridgehead atoms. The van der Waals surface area contributed by atoms with E-state index in [0.717, 1.165) is 11.3 Å². The highest BCUT2D eigenvalue weighted by Gasteiger charge is 2.34. The summed E-state index contributed by atoms with van der Waals surface area (Å²) >= 11 is 1.26. The molecule has 1 N–H and O–H groups in total. The number of ether oxygens (including phenoxy) is 1. The van der Waals surface area contributed by atoms with Gasteiger partial charge in [0.15, 0.2) is 16.7 Å². The second kappa shape index (κ2) is 11.0. The van der Waals surface area contributed by atoms with Crippen molar-refractivity contribution >= 4 is 40.8 Å². The van der Waals surface area contributed by atoms with Gasteiger partial charge in [0.2, 0.25) is 0 Å². The van der Waals surface area contributed by atoms with Gasteiger partial charge in [-0.25, -0.2) is 0 Å². The van der Waals surface area contributed by atoms with Crippen LogP contribution >= 0.6 is 11.8 Å². The zero-order valence-electron chi connectivity index (χ0n) is 19.7. The molecule has 1 aromatic heterocycles. The van der Waals surface area contributed by atoms with Crippen molar-refractivity contribution in [2.45, 2.75) is 13.5 Å². The van der Waals surface area contributed by atoms with Crippen molar-refractivity contribution in [3.05, 3.63) is 82.7 Å². The summed E-state index contributed by atoms with van der Waals surface area (Å²) in [5.41, 5.74) is 2.70. The van der Waals surface area contributed by atoms with Gasteiger partial charge >= 0.3 is 0 Å². The molecule has 9 heteroatoms. The standard InChI is InChI=1S/C26H26N4O4S/c1-4-33-23-14-19(9-12-22(23)31)16-27-28-26-30(17-21-6-5-13-34-21)25(32)24(35-26)15-18-7-10-20(11-8-18)29(2)3/h5-16,31H,4,17H2,1-3H3/b24-15-,27-16-,28-26+. The normalized spacial score (nSPS) is 16.1. The average molecular weight is 491 g/mol. The second-order valence-corrected chi connectivity index (χ2v) is 8.86. The van der Waals surface area contributed by atoms with Crippen molar-refractivity contribution in [3.8, 4) is 11.5 Å². The van der Waals surface area contributed by atoms with Gasteiger partial charge in [0.25, 0.3) is 5.91 Å². The summed E-state index contributed by atoms with van der Waals surface area (Å²) in [6, 6.07) is 16.5. The number of carbonyl (C=O) groups excluding carboxylic acids is 1. The van der Waals surface area contributed by atoms with Gasteiger partial charge in [0.1, 0.15) is 5.76 Å². The Morgan fingerprint density at radius 1 is 1.14 bits per heavy atom. The number of carbonyl (C=O) groups is 1. The molecule has 1 aliphatic heterocycles. The monoisotopic (exact) mass is 490 g/mol. The van der Waals surface area contributed by atoms with Crippen LogP contribution in [-0.4, -0.2) is 48.0 Å². The number of phenols is 1. The Morgan fingerprint density at radius 3 is 2.60 bits per heavy atom. The van der Waals surface area contributed by atoms with Crippen LogP contribution in [0.1, 0.15) is 23.8 Å². The molecule has 0 saturated carbocycles. The van der Waals surface area contributed by atoms with Crippen LogP contribution in [0.15, 0.2) is 80.4 Å². The number of furan rings is 1. The minimum absolute atomic E-state index is 0.0604. The van der Waals surface area contributed by atoms with Crippen LogP contribution in [0.4, 0.5) is 5.69 Å². The average Bonchev–Trinajstić information content (AvgIpc) is 3.46. The zero-order chi connectivity index (χ0) is 24.8. The number of aromatic hydroxyl groups is 1. The van der Waals surface area contributed by atoms with E-state index in [0.29, 0.717) is 33.8 Å². The minimum atomic E-state index is -0.166. The number of hydrogen-bond donors (Lipinski definition) is 1. The second-order valence-electron chi connectivity index (χ2n) is 7.85. The quantitative estimate of drug-likeness (QED) is 0.273. The van der Waals surface area contributed by atoms with Crippen molar-refractivity contribution in [1.82, 2.24) is 4.90 Å². The maximum Gasteiger partial charge on any atom is 0.267 e. The van der Waals surface area contributed by atoms with Crippen LogP contribution in [-0.2, 0) is 11.3 Å². The van der Waals surface area contributed by atoms with Gasteiger partial charge in [-0.05, 0) is 78.4 Å². The first-order valence-electron chi connectivity index (χ1n) is 11.0. The number of amides is 1. The molecule has 1 saturated heterocycles. The van der Waals surface area contributed by atoms with Crippen LogP contribution in [0.25, 0.3) is 6.08 Å². The lowest BCUT2D eigenvalue weighted by molar-refractivity contribution is -0.122. The molecule has 35 heavy (non-hydrogen) atoms. The number of phenolic OH excluding ortho intramolecular Hbond substituents is 1. The first-order chi connectivity index (χ1) is 16.9. The van der Waals surface area contributed by atoms with E-state index in [1.54, 1.807) is 41.6 Å². The summed E-state index contributed by atoms with van der Waals surface area (Å²) in [4.78, 5) is 17.3. The van der Waals surface area contributed by atoms with Gasteiger partial charge in [-0.3, -0.25) is 9.69 Å². The number of nitrogens with zero attached hydrogens (tertiary/aromatic N) is 4. The van der Waals surface area contributed by atoms with Crippen molar-refractivity contribution in [2.75, 3.05) is 25.6 Å². The van der Waals surface area contributed by atoms with E-state index in [1.165, 1.54) is 11.8 Å². The van der Waals surface area contributed by atoms with Gasteiger partial charge in [-0.15, -0.1) is 5.10 Å². The number of anilines is 1. The molecule has 0 spiro atoms. The van der Waals surface area contributed by atoms with Crippen molar-refractivity contribution in [2.24, 2.45) is 10.2 Å². The van der Waals surface area contributed by atoms with Gasteiger partial charge in [-0.2, -0.15) is 5.10 Å². The van der Waals surface area contributed by atoms with Gasteiger partial charge in [0, 0.05) is 19.8 Å².